The van der Waals surface area contributed by atoms with Crippen molar-refractivity contribution in [1.82, 2.24) is 0 Å². The molecule has 0 amide bonds. The maximum absolute atomic E-state index is 9.11. The molecule has 3 heteroatoms. The molecule has 0 fully saturated rings. The van der Waals surface area contributed by atoms with Crippen LogP contribution in [0.25, 0.3) is 11.1 Å². The summed E-state index contributed by atoms with van der Waals surface area (Å²) in [6.07, 6.45) is 0. The van der Waals surface area contributed by atoms with E-state index in [9.17, 15) is 0 Å². The van der Waals surface area contributed by atoms with Crippen LogP contribution in [0, 0.1) is 11.3 Å². The molecule has 0 spiro atoms. The quantitative estimate of drug-likeness (QED) is 0.837. The molecule has 0 saturated heterocycles. The summed E-state index contributed by atoms with van der Waals surface area (Å²) in [6, 6.07) is 15.6. The fourth-order valence-electron chi connectivity index (χ4n) is 1.63. The number of benzene rings is 2. The van der Waals surface area contributed by atoms with E-state index in [1.807, 2.05) is 42.5 Å². The number of halogens is 1. The molecule has 2 rings (SSSR count). The first-order valence-corrected chi connectivity index (χ1v) is 5.88. The second-order valence-electron chi connectivity index (χ2n) is 3.53. The molecule has 17 heavy (non-hydrogen) atoms. The Morgan fingerprint density at radius 1 is 1.12 bits per heavy atom. The van der Waals surface area contributed by atoms with Gasteiger partial charge in [0.05, 0.1) is 18.7 Å². The predicted molar refractivity (Wildman–Crippen MR) is 70.8 cm³/mol. The summed E-state index contributed by atoms with van der Waals surface area (Å²) in [6.45, 7) is 0. The van der Waals surface area contributed by atoms with Crippen LogP contribution in [0.5, 0.6) is 5.75 Å². The highest BCUT2D eigenvalue weighted by molar-refractivity contribution is 9.10. The van der Waals surface area contributed by atoms with Crippen LogP contribution in [-0.4, -0.2) is 7.11 Å². The zero-order valence-corrected chi connectivity index (χ0v) is 10.9. The monoisotopic (exact) mass is 287 g/mol. The first kappa shape index (κ1) is 11.7. The number of ether oxygens (including phenoxy) is 1. The van der Waals surface area contributed by atoms with E-state index in [-0.39, 0.29) is 0 Å². The third-order valence-corrected chi connectivity index (χ3v) is 3.00. The topological polar surface area (TPSA) is 33.0 Å². The van der Waals surface area contributed by atoms with E-state index in [1.54, 1.807) is 7.11 Å². The van der Waals surface area contributed by atoms with Crippen LogP contribution >= 0.6 is 15.9 Å². The average Bonchev–Trinajstić information content (AvgIpc) is 2.39. The van der Waals surface area contributed by atoms with Gasteiger partial charge >= 0.3 is 0 Å². The molecular weight excluding hydrogens is 278 g/mol. The molecule has 0 aliphatic rings. The molecule has 2 aromatic carbocycles. The van der Waals surface area contributed by atoms with E-state index < -0.39 is 0 Å². The zero-order valence-electron chi connectivity index (χ0n) is 9.27. The highest BCUT2D eigenvalue weighted by Crippen LogP contribution is 2.27. The second-order valence-corrected chi connectivity index (χ2v) is 4.45. The van der Waals surface area contributed by atoms with Crippen molar-refractivity contribution in [2.24, 2.45) is 0 Å². The molecule has 0 unspecified atom stereocenters. The first-order valence-electron chi connectivity index (χ1n) is 5.08. The highest BCUT2D eigenvalue weighted by atomic mass is 79.9. The molecule has 0 N–H and O–H groups in total. The van der Waals surface area contributed by atoms with Crippen LogP contribution in [0.4, 0.5) is 0 Å². The van der Waals surface area contributed by atoms with Gasteiger partial charge in [-0.15, -0.1) is 0 Å². The minimum atomic E-state index is 0.657. The Kier molecular flexibility index (Phi) is 3.46. The Morgan fingerprint density at radius 2 is 1.82 bits per heavy atom. The summed E-state index contributed by atoms with van der Waals surface area (Å²) in [5.41, 5.74) is 2.60. The lowest BCUT2D eigenvalue weighted by molar-refractivity contribution is 0.415. The molecule has 0 aliphatic carbocycles. The van der Waals surface area contributed by atoms with E-state index in [4.69, 9.17) is 10.00 Å². The summed E-state index contributed by atoms with van der Waals surface area (Å²) >= 11 is 3.36. The van der Waals surface area contributed by atoms with Gasteiger partial charge in [-0.25, -0.2) is 0 Å². The van der Waals surface area contributed by atoms with Crippen molar-refractivity contribution in [2.45, 2.75) is 0 Å². The Balaban J connectivity index is 2.49. The van der Waals surface area contributed by atoms with E-state index in [1.165, 1.54) is 0 Å². The number of hydrogen-bond acceptors (Lipinski definition) is 2. The van der Waals surface area contributed by atoms with Gasteiger partial charge < -0.3 is 4.74 Å². The maximum atomic E-state index is 9.11. The summed E-state index contributed by atoms with van der Waals surface area (Å²) in [5, 5.41) is 9.11. The Morgan fingerprint density at radius 3 is 2.41 bits per heavy atom. The fraction of sp³-hybridized carbons (Fsp3) is 0.0714. The minimum Gasteiger partial charge on any atom is -0.497 e. The first-order chi connectivity index (χ1) is 8.24. The second kappa shape index (κ2) is 5.03. The van der Waals surface area contributed by atoms with Crippen molar-refractivity contribution in [3.63, 3.8) is 0 Å². The van der Waals surface area contributed by atoms with Crippen LogP contribution in [0.2, 0.25) is 0 Å². The lowest BCUT2D eigenvalue weighted by Crippen LogP contribution is -1.86. The standard InChI is InChI=1S/C14H10BrNO/c1-17-13-5-2-10(3-6-13)14-7-4-12(15)8-11(14)9-16/h2-8H,1H3. The van der Waals surface area contributed by atoms with Crippen molar-refractivity contribution < 1.29 is 4.74 Å². The van der Waals surface area contributed by atoms with Crippen molar-refractivity contribution in [3.05, 3.63) is 52.5 Å². The summed E-state index contributed by atoms with van der Waals surface area (Å²) < 4.78 is 6.02. The molecule has 0 bridgehead atoms. The van der Waals surface area contributed by atoms with Gasteiger partial charge in [0, 0.05) is 4.47 Å². The summed E-state index contributed by atoms with van der Waals surface area (Å²) in [7, 11) is 1.63. The zero-order chi connectivity index (χ0) is 12.3. The number of nitriles is 1. The van der Waals surface area contributed by atoms with Crippen LogP contribution in [0.15, 0.2) is 46.9 Å². The number of hydrogen-bond donors (Lipinski definition) is 0. The normalized spacial score (nSPS) is 9.71. The third-order valence-electron chi connectivity index (χ3n) is 2.50. The van der Waals surface area contributed by atoms with Crippen LogP contribution in [-0.2, 0) is 0 Å². The molecule has 0 aromatic heterocycles. The summed E-state index contributed by atoms with van der Waals surface area (Å²) in [5.74, 6) is 0.810. The van der Waals surface area contributed by atoms with Gasteiger partial charge in [-0.2, -0.15) is 5.26 Å². The fourth-order valence-corrected chi connectivity index (χ4v) is 1.99. The van der Waals surface area contributed by atoms with E-state index in [0.29, 0.717) is 5.56 Å². The number of methoxy groups -OCH3 is 1. The SMILES string of the molecule is COc1ccc(-c2ccc(Br)cc2C#N)cc1. The summed E-state index contributed by atoms with van der Waals surface area (Å²) in [4.78, 5) is 0. The van der Waals surface area contributed by atoms with Crippen LogP contribution in [0.3, 0.4) is 0 Å². The van der Waals surface area contributed by atoms with Gasteiger partial charge in [-0.3, -0.25) is 0 Å². The van der Waals surface area contributed by atoms with Crippen molar-refractivity contribution in [3.8, 4) is 22.9 Å². The molecule has 0 radical (unpaired) electrons. The predicted octanol–water partition coefficient (Wildman–Crippen LogP) is 4.00. The van der Waals surface area contributed by atoms with Gasteiger partial charge in [-0.05, 0) is 35.4 Å². The van der Waals surface area contributed by atoms with Gasteiger partial charge in [0.1, 0.15) is 5.75 Å². The number of nitrogens with zero attached hydrogens (tertiary/aromatic N) is 1. The Labute approximate surface area is 109 Å². The molecule has 0 saturated carbocycles. The van der Waals surface area contributed by atoms with Gasteiger partial charge in [0.15, 0.2) is 0 Å². The van der Waals surface area contributed by atoms with E-state index in [0.717, 1.165) is 21.3 Å². The van der Waals surface area contributed by atoms with Crippen LogP contribution in [0.1, 0.15) is 5.56 Å². The highest BCUT2D eigenvalue weighted by Gasteiger charge is 2.05. The van der Waals surface area contributed by atoms with Gasteiger partial charge in [-0.1, -0.05) is 34.1 Å². The largest absolute Gasteiger partial charge is 0.497 e. The molecule has 84 valence electrons. The molecule has 0 atom stereocenters. The van der Waals surface area contributed by atoms with Crippen molar-refractivity contribution >= 4 is 15.9 Å². The molecule has 0 aliphatic heterocycles. The van der Waals surface area contributed by atoms with Gasteiger partial charge in [0.2, 0.25) is 0 Å². The van der Waals surface area contributed by atoms with E-state index >= 15 is 0 Å². The minimum absolute atomic E-state index is 0.657. The van der Waals surface area contributed by atoms with Crippen LogP contribution < -0.4 is 4.74 Å². The van der Waals surface area contributed by atoms with Crippen molar-refractivity contribution in [2.75, 3.05) is 7.11 Å². The lowest BCUT2D eigenvalue weighted by Gasteiger charge is -2.06. The van der Waals surface area contributed by atoms with Gasteiger partial charge in [0.25, 0.3) is 0 Å². The third kappa shape index (κ3) is 2.48. The molecule has 2 aromatic rings. The number of rotatable bonds is 2. The smallest absolute Gasteiger partial charge is 0.118 e. The molecule has 2 nitrogen and oxygen atoms in total. The lowest BCUT2D eigenvalue weighted by atomic mass is 10.0. The Hall–Kier alpha value is -1.79. The molecular formula is C14H10BrNO. The maximum Gasteiger partial charge on any atom is 0.118 e. The molecule has 0 heterocycles. The average molecular weight is 288 g/mol. The van der Waals surface area contributed by atoms with Crippen molar-refractivity contribution in [1.29, 1.82) is 5.26 Å². The Bertz CT molecular complexity index is 570. The van der Waals surface area contributed by atoms with E-state index in [2.05, 4.69) is 22.0 Å².